The van der Waals surface area contributed by atoms with Gasteiger partial charge in [0.25, 0.3) is 5.56 Å². The van der Waals surface area contributed by atoms with Crippen molar-refractivity contribution in [3.63, 3.8) is 0 Å². The van der Waals surface area contributed by atoms with Gasteiger partial charge in [-0.05, 0) is 33.1 Å². The number of nitrogens with one attached hydrogen (secondary N) is 1. The quantitative estimate of drug-likeness (QED) is 0.908. The molecule has 106 valence electrons. The highest BCUT2D eigenvalue weighted by Gasteiger charge is 2.17. The van der Waals surface area contributed by atoms with Crippen molar-refractivity contribution in [3.05, 3.63) is 22.7 Å². The normalized spacial score (nSPS) is 16.8. The smallest absolute Gasteiger partial charge is 0.293 e. The average molecular weight is 263 g/mol. The third-order valence-electron chi connectivity index (χ3n) is 3.88. The molecule has 0 aromatic carbocycles. The largest absolute Gasteiger partial charge is 0.365 e. The van der Waals surface area contributed by atoms with Crippen LogP contribution in [0.3, 0.4) is 0 Å². The molecule has 1 N–H and O–H groups in total. The first-order chi connectivity index (χ1) is 8.98. The van der Waals surface area contributed by atoms with Crippen molar-refractivity contribution in [2.24, 2.45) is 5.92 Å². The number of rotatable bonds is 4. The summed E-state index contributed by atoms with van der Waals surface area (Å²) in [5.41, 5.74) is -0.233. The third-order valence-corrected chi connectivity index (χ3v) is 3.88. The van der Waals surface area contributed by atoms with Gasteiger partial charge in [-0.15, -0.1) is 0 Å². The third kappa shape index (κ3) is 3.58. The van der Waals surface area contributed by atoms with E-state index in [9.17, 15) is 4.79 Å². The topological polar surface area (TPSA) is 46.9 Å². The van der Waals surface area contributed by atoms with Crippen LogP contribution in [0, 0.1) is 5.92 Å². The van der Waals surface area contributed by atoms with Crippen molar-refractivity contribution >= 4 is 5.82 Å². The molecule has 0 atom stereocenters. The van der Waals surface area contributed by atoms with Crippen molar-refractivity contribution in [3.8, 4) is 0 Å². The van der Waals surface area contributed by atoms with Gasteiger partial charge >= 0.3 is 0 Å². The maximum absolute atomic E-state index is 12.3. The van der Waals surface area contributed by atoms with E-state index in [1.807, 2.05) is 20.8 Å². The van der Waals surface area contributed by atoms with Gasteiger partial charge in [0.1, 0.15) is 0 Å². The minimum absolute atomic E-state index is 0.0265. The molecule has 2 rings (SSSR count). The van der Waals surface area contributed by atoms with E-state index in [1.54, 1.807) is 17.0 Å². The van der Waals surface area contributed by atoms with Gasteiger partial charge in [0.15, 0.2) is 5.82 Å². The van der Waals surface area contributed by atoms with Crippen LogP contribution < -0.4 is 10.9 Å². The monoisotopic (exact) mass is 263 g/mol. The molecule has 1 fully saturated rings. The van der Waals surface area contributed by atoms with Gasteiger partial charge in [-0.25, -0.2) is 4.98 Å². The molecular formula is C15H25N3O. The van der Waals surface area contributed by atoms with Gasteiger partial charge < -0.3 is 9.88 Å². The number of hydrogen-bond acceptors (Lipinski definition) is 3. The van der Waals surface area contributed by atoms with Crippen LogP contribution in [0.2, 0.25) is 0 Å². The first-order valence-corrected chi connectivity index (χ1v) is 7.30. The Morgan fingerprint density at radius 2 is 2.05 bits per heavy atom. The van der Waals surface area contributed by atoms with E-state index < -0.39 is 0 Å². The highest BCUT2D eigenvalue weighted by Crippen LogP contribution is 2.27. The van der Waals surface area contributed by atoms with Crippen molar-refractivity contribution in [2.45, 2.75) is 58.4 Å². The zero-order chi connectivity index (χ0) is 13.9. The summed E-state index contributed by atoms with van der Waals surface area (Å²) in [5, 5.41) is 3.21. The minimum Gasteiger partial charge on any atom is -0.365 e. The SMILES string of the molecule is CC(C)(C)n1ccnc(NCCC2CCCC2)c1=O. The Bertz CT molecular complexity index is 467. The molecule has 1 aliphatic rings. The maximum Gasteiger partial charge on any atom is 0.293 e. The first kappa shape index (κ1) is 14.1. The van der Waals surface area contributed by atoms with Crippen LogP contribution in [-0.4, -0.2) is 16.1 Å². The fourth-order valence-electron chi connectivity index (χ4n) is 2.75. The van der Waals surface area contributed by atoms with Crippen LogP contribution in [0.25, 0.3) is 0 Å². The molecular weight excluding hydrogens is 238 g/mol. The molecule has 1 aliphatic carbocycles. The summed E-state index contributed by atoms with van der Waals surface area (Å²) in [5.74, 6) is 1.32. The molecule has 0 spiro atoms. The highest BCUT2D eigenvalue weighted by atomic mass is 16.1. The lowest BCUT2D eigenvalue weighted by molar-refractivity contribution is 0.383. The predicted octanol–water partition coefficient (Wildman–Crippen LogP) is 2.99. The summed E-state index contributed by atoms with van der Waals surface area (Å²) in [6.45, 7) is 6.92. The lowest BCUT2D eigenvalue weighted by Crippen LogP contribution is -2.35. The summed E-state index contributed by atoms with van der Waals surface area (Å²) >= 11 is 0. The minimum atomic E-state index is -0.206. The molecule has 0 aliphatic heterocycles. The van der Waals surface area contributed by atoms with Crippen LogP contribution in [0.15, 0.2) is 17.2 Å². The van der Waals surface area contributed by atoms with Gasteiger partial charge in [-0.1, -0.05) is 25.7 Å². The Morgan fingerprint density at radius 1 is 1.37 bits per heavy atom. The molecule has 19 heavy (non-hydrogen) atoms. The number of nitrogens with zero attached hydrogens (tertiary/aromatic N) is 2. The molecule has 1 aromatic heterocycles. The lowest BCUT2D eigenvalue weighted by Gasteiger charge is -2.22. The Morgan fingerprint density at radius 3 is 2.68 bits per heavy atom. The summed E-state index contributed by atoms with van der Waals surface area (Å²) in [7, 11) is 0. The van der Waals surface area contributed by atoms with Crippen molar-refractivity contribution < 1.29 is 0 Å². The van der Waals surface area contributed by atoms with E-state index in [2.05, 4.69) is 10.3 Å². The Hall–Kier alpha value is -1.32. The highest BCUT2D eigenvalue weighted by molar-refractivity contribution is 5.30. The van der Waals surface area contributed by atoms with Gasteiger partial charge in [-0.2, -0.15) is 0 Å². The lowest BCUT2D eigenvalue weighted by atomic mass is 10.0. The molecule has 4 nitrogen and oxygen atoms in total. The molecule has 0 amide bonds. The molecule has 1 heterocycles. The van der Waals surface area contributed by atoms with Crippen molar-refractivity contribution in [1.82, 2.24) is 9.55 Å². The van der Waals surface area contributed by atoms with Gasteiger partial charge in [-0.3, -0.25) is 4.79 Å². The molecule has 0 unspecified atom stereocenters. The Kier molecular flexibility index (Phi) is 4.27. The summed E-state index contributed by atoms with van der Waals surface area (Å²) in [4.78, 5) is 16.5. The maximum atomic E-state index is 12.3. The first-order valence-electron chi connectivity index (χ1n) is 7.30. The van der Waals surface area contributed by atoms with E-state index in [-0.39, 0.29) is 11.1 Å². The van der Waals surface area contributed by atoms with Crippen LogP contribution >= 0.6 is 0 Å². The van der Waals surface area contributed by atoms with Crippen molar-refractivity contribution in [1.29, 1.82) is 0 Å². The molecule has 0 saturated heterocycles. The van der Waals surface area contributed by atoms with E-state index in [1.165, 1.54) is 25.7 Å². The summed E-state index contributed by atoms with van der Waals surface area (Å²) in [6, 6.07) is 0. The zero-order valence-electron chi connectivity index (χ0n) is 12.3. The van der Waals surface area contributed by atoms with Crippen LogP contribution in [-0.2, 0) is 5.54 Å². The van der Waals surface area contributed by atoms with E-state index >= 15 is 0 Å². The number of aromatic nitrogens is 2. The van der Waals surface area contributed by atoms with Crippen molar-refractivity contribution in [2.75, 3.05) is 11.9 Å². The molecule has 1 saturated carbocycles. The second-order valence-corrected chi connectivity index (χ2v) is 6.49. The van der Waals surface area contributed by atoms with Gasteiger partial charge in [0.05, 0.1) is 0 Å². The second kappa shape index (κ2) is 5.76. The predicted molar refractivity (Wildman–Crippen MR) is 78.6 cm³/mol. The standard InChI is InChI=1S/C15H25N3O/c1-15(2,3)18-11-10-17-13(14(18)19)16-9-8-12-6-4-5-7-12/h10-12H,4-9H2,1-3H3,(H,16,17). The second-order valence-electron chi connectivity index (χ2n) is 6.49. The summed E-state index contributed by atoms with van der Waals surface area (Å²) < 4.78 is 1.73. The Balaban J connectivity index is 1.98. The molecule has 4 heteroatoms. The fraction of sp³-hybridized carbons (Fsp3) is 0.733. The Labute approximate surface area is 115 Å². The van der Waals surface area contributed by atoms with Gasteiger partial charge in [0.2, 0.25) is 0 Å². The van der Waals surface area contributed by atoms with E-state index in [0.717, 1.165) is 18.9 Å². The summed E-state index contributed by atoms with van der Waals surface area (Å²) in [6.07, 6.45) is 10.0. The van der Waals surface area contributed by atoms with E-state index in [0.29, 0.717) is 5.82 Å². The molecule has 0 radical (unpaired) electrons. The van der Waals surface area contributed by atoms with Crippen LogP contribution in [0.5, 0.6) is 0 Å². The number of anilines is 1. The van der Waals surface area contributed by atoms with Crippen LogP contribution in [0.4, 0.5) is 5.82 Å². The fourth-order valence-corrected chi connectivity index (χ4v) is 2.75. The molecule has 0 bridgehead atoms. The average Bonchev–Trinajstić information content (AvgIpc) is 2.83. The van der Waals surface area contributed by atoms with Gasteiger partial charge in [0, 0.05) is 24.5 Å². The number of hydrogen-bond donors (Lipinski definition) is 1. The van der Waals surface area contributed by atoms with Crippen LogP contribution in [0.1, 0.15) is 52.9 Å². The zero-order valence-corrected chi connectivity index (χ0v) is 12.3. The molecule has 1 aromatic rings. The van der Waals surface area contributed by atoms with E-state index in [4.69, 9.17) is 0 Å².